The summed E-state index contributed by atoms with van der Waals surface area (Å²) in [4.78, 5) is 0. The maximum atomic E-state index is 9.13. The summed E-state index contributed by atoms with van der Waals surface area (Å²) in [6.07, 6.45) is 0. The van der Waals surface area contributed by atoms with Gasteiger partial charge in [0.15, 0.2) is 0 Å². The zero-order chi connectivity index (χ0) is 11.6. The number of hydrogen-bond acceptors (Lipinski definition) is 2. The standard InChI is InChI=1S/C12H18BrNO/c1-12(2,3)10-5-4-8(13)6-9(10)11(14)7-15/h4-6,11,15H,7,14H2,1-3H3. The number of nitrogens with two attached hydrogens (primary N) is 1. The Bertz CT molecular complexity index is 344. The van der Waals surface area contributed by atoms with E-state index in [-0.39, 0.29) is 18.1 Å². The molecule has 15 heavy (non-hydrogen) atoms. The van der Waals surface area contributed by atoms with E-state index in [1.807, 2.05) is 12.1 Å². The molecule has 1 unspecified atom stereocenters. The lowest BCUT2D eigenvalue weighted by Crippen LogP contribution is -2.22. The minimum atomic E-state index is -0.309. The monoisotopic (exact) mass is 271 g/mol. The molecule has 0 heterocycles. The Morgan fingerprint density at radius 2 is 2.00 bits per heavy atom. The summed E-state index contributed by atoms with van der Waals surface area (Å²) >= 11 is 3.42. The van der Waals surface area contributed by atoms with Crippen LogP contribution < -0.4 is 5.73 Å². The molecule has 1 atom stereocenters. The van der Waals surface area contributed by atoms with Crippen molar-refractivity contribution < 1.29 is 5.11 Å². The summed E-state index contributed by atoms with van der Waals surface area (Å²) in [5, 5.41) is 9.13. The van der Waals surface area contributed by atoms with Gasteiger partial charge in [0.1, 0.15) is 0 Å². The van der Waals surface area contributed by atoms with Gasteiger partial charge < -0.3 is 10.8 Å². The molecule has 0 saturated carbocycles. The molecule has 0 saturated heterocycles. The summed E-state index contributed by atoms with van der Waals surface area (Å²) in [7, 11) is 0. The lowest BCUT2D eigenvalue weighted by atomic mass is 9.82. The zero-order valence-electron chi connectivity index (χ0n) is 9.42. The van der Waals surface area contributed by atoms with Gasteiger partial charge >= 0.3 is 0 Å². The quantitative estimate of drug-likeness (QED) is 0.869. The molecule has 0 spiro atoms. The predicted molar refractivity (Wildman–Crippen MR) is 66.9 cm³/mol. The Balaban J connectivity index is 3.27. The number of halogens is 1. The van der Waals surface area contributed by atoms with Crippen molar-refractivity contribution in [3.05, 3.63) is 33.8 Å². The lowest BCUT2D eigenvalue weighted by molar-refractivity contribution is 0.266. The molecular weight excluding hydrogens is 254 g/mol. The second-order valence-electron chi connectivity index (χ2n) is 4.77. The van der Waals surface area contributed by atoms with E-state index in [0.717, 1.165) is 10.0 Å². The fourth-order valence-corrected chi connectivity index (χ4v) is 2.00. The van der Waals surface area contributed by atoms with Crippen LogP contribution in [-0.2, 0) is 5.41 Å². The third kappa shape index (κ3) is 3.03. The van der Waals surface area contributed by atoms with Gasteiger partial charge in [-0.3, -0.25) is 0 Å². The Morgan fingerprint density at radius 3 is 2.47 bits per heavy atom. The van der Waals surface area contributed by atoms with Crippen LogP contribution in [0.4, 0.5) is 0 Å². The lowest BCUT2D eigenvalue weighted by Gasteiger charge is -2.25. The minimum Gasteiger partial charge on any atom is -0.394 e. The molecule has 0 aromatic heterocycles. The molecule has 0 amide bonds. The molecule has 0 aliphatic carbocycles. The Hall–Kier alpha value is -0.380. The molecule has 0 fully saturated rings. The van der Waals surface area contributed by atoms with Gasteiger partial charge in [-0.25, -0.2) is 0 Å². The number of aliphatic hydroxyl groups is 1. The predicted octanol–water partition coefficient (Wildman–Crippen LogP) is 2.74. The van der Waals surface area contributed by atoms with Crippen molar-refractivity contribution in [2.45, 2.75) is 32.2 Å². The average Bonchev–Trinajstić information content (AvgIpc) is 2.14. The molecule has 3 heteroatoms. The van der Waals surface area contributed by atoms with Crippen LogP contribution in [0.15, 0.2) is 22.7 Å². The maximum absolute atomic E-state index is 9.13. The van der Waals surface area contributed by atoms with E-state index >= 15 is 0 Å². The smallest absolute Gasteiger partial charge is 0.0624 e. The Morgan fingerprint density at radius 1 is 1.40 bits per heavy atom. The van der Waals surface area contributed by atoms with Crippen molar-refractivity contribution in [3.63, 3.8) is 0 Å². The van der Waals surface area contributed by atoms with Crippen LogP contribution in [0.3, 0.4) is 0 Å². The zero-order valence-corrected chi connectivity index (χ0v) is 11.0. The van der Waals surface area contributed by atoms with Crippen LogP contribution in [0.1, 0.15) is 37.9 Å². The highest BCUT2D eigenvalue weighted by Gasteiger charge is 2.20. The number of rotatable bonds is 2. The molecule has 3 N–H and O–H groups in total. The Labute approximate surface area is 99.6 Å². The van der Waals surface area contributed by atoms with Crippen LogP contribution in [-0.4, -0.2) is 11.7 Å². The average molecular weight is 272 g/mol. The summed E-state index contributed by atoms with van der Waals surface area (Å²) in [5.41, 5.74) is 8.13. The molecule has 0 bridgehead atoms. The van der Waals surface area contributed by atoms with Crippen molar-refractivity contribution in [1.82, 2.24) is 0 Å². The molecule has 84 valence electrons. The van der Waals surface area contributed by atoms with E-state index in [2.05, 4.69) is 42.8 Å². The maximum Gasteiger partial charge on any atom is 0.0624 e. The highest BCUT2D eigenvalue weighted by Crippen LogP contribution is 2.30. The van der Waals surface area contributed by atoms with E-state index in [1.54, 1.807) is 0 Å². The molecule has 1 aromatic carbocycles. The first-order valence-electron chi connectivity index (χ1n) is 5.02. The van der Waals surface area contributed by atoms with Gasteiger partial charge in [-0.2, -0.15) is 0 Å². The molecule has 0 radical (unpaired) electrons. The van der Waals surface area contributed by atoms with Crippen molar-refractivity contribution in [2.24, 2.45) is 5.73 Å². The van der Waals surface area contributed by atoms with Crippen LogP contribution in [0, 0.1) is 0 Å². The third-order valence-corrected chi connectivity index (χ3v) is 2.91. The first-order valence-corrected chi connectivity index (χ1v) is 5.82. The van der Waals surface area contributed by atoms with Gasteiger partial charge in [-0.1, -0.05) is 42.8 Å². The molecule has 2 nitrogen and oxygen atoms in total. The molecule has 0 aliphatic rings. The van der Waals surface area contributed by atoms with Crippen molar-refractivity contribution in [2.75, 3.05) is 6.61 Å². The van der Waals surface area contributed by atoms with Gasteiger partial charge in [0.2, 0.25) is 0 Å². The molecule has 1 rings (SSSR count). The van der Waals surface area contributed by atoms with Crippen LogP contribution >= 0.6 is 15.9 Å². The Kier molecular flexibility index (Phi) is 3.93. The van der Waals surface area contributed by atoms with E-state index < -0.39 is 0 Å². The van der Waals surface area contributed by atoms with Gasteiger partial charge in [-0.15, -0.1) is 0 Å². The first-order chi connectivity index (χ1) is 6.86. The molecule has 0 aliphatic heterocycles. The van der Waals surface area contributed by atoms with Crippen LogP contribution in [0.5, 0.6) is 0 Å². The van der Waals surface area contributed by atoms with E-state index in [0.29, 0.717) is 0 Å². The van der Waals surface area contributed by atoms with Gasteiger partial charge in [0.05, 0.1) is 12.6 Å². The highest BCUT2D eigenvalue weighted by molar-refractivity contribution is 9.10. The SMILES string of the molecule is CC(C)(C)c1ccc(Br)cc1C(N)CO. The number of aliphatic hydroxyl groups excluding tert-OH is 1. The third-order valence-electron chi connectivity index (χ3n) is 2.42. The largest absolute Gasteiger partial charge is 0.394 e. The van der Waals surface area contributed by atoms with E-state index in [4.69, 9.17) is 10.8 Å². The second-order valence-corrected chi connectivity index (χ2v) is 5.69. The summed E-state index contributed by atoms with van der Waals surface area (Å²) in [6, 6.07) is 5.75. The van der Waals surface area contributed by atoms with Gasteiger partial charge in [-0.05, 0) is 28.7 Å². The van der Waals surface area contributed by atoms with Gasteiger partial charge in [0.25, 0.3) is 0 Å². The number of hydrogen-bond donors (Lipinski definition) is 2. The topological polar surface area (TPSA) is 46.2 Å². The highest BCUT2D eigenvalue weighted by atomic mass is 79.9. The minimum absolute atomic E-state index is 0.0282. The normalized spacial score (nSPS) is 14.0. The van der Waals surface area contributed by atoms with Crippen LogP contribution in [0.25, 0.3) is 0 Å². The molecule has 1 aromatic rings. The summed E-state index contributed by atoms with van der Waals surface area (Å²) in [5.74, 6) is 0. The van der Waals surface area contributed by atoms with Crippen LogP contribution in [0.2, 0.25) is 0 Å². The van der Waals surface area contributed by atoms with Gasteiger partial charge in [0, 0.05) is 4.47 Å². The summed E-state index contributed by atoms with van der Waals surface area (Å²) in [6.45, 7) is 6.40. The van der Waals surface area contributed by atoms with E-state index in [9.17, 15) is 0 Å². The fourth-order valence-electron chi connectivity index (χ4n) is 1.62. The van der Waals surface area contributed by atoms with Crippen molar-refractivity contribution in [3.8, 4) is 0 Å². The molecular formula is C12H18BrNO. The summed E-state index contributed by atoms with van der Waals surface area (Å²) < 4.78 is 0.995. The van der Waals surface area contributed by atoms with E-state index in [1.165, 1.54) is 5.56 Å². The van der Waals surface area contributed by atoms with Crippen molar-refractivity contribution in [1.29, 1.82) is 0 Å². The second kappa shape index (κ2) is 4.64. The first kappa shape index (κ1) is 12.7. The number of benzene rings is 1. The van der Waals surface area contributed by atoms with Crippen molar-refractivity contribution >= 4 is 15.9 Å². The fraction of sp³-hybridized carbons (Fsp3) is 0.500.